The first-order valence-electron chi connectivity index (χ1n) is 3.26. The van der Waals surface area contributed by atoms with Crippen molar-refractivity contribution in [3.8, 4) is 0 Å². The average molecular weight is 182 g/mol. The van der Waals surface area contributed by atoms with Crippen LogP contribution in [-0.4, -0.2) is 44.3 Å². The van der Waals surface area contributed by atoms with Gasteiger partial charge in [-0.05, 0) is 0 Å². The second-order valence-corrected chi connectivity index (χ2v) is 4.74. The van der Waals surface area contributed by atoms with Crippen LogP contribution in [0.2, 0.25) is 0 Å². The highest BCUT2D eigenvalue weighted by molar-refractivity contribution is 7.88. The van der Waals surface area contributed by atoms with Crippen molar-refractivity contribution in [2.75, 3.05) is 19.3 Å². The molecule has 0 aliphatic carbocycles. The van der Waals surface area contributed by atoms with E-state index in [1.54, 1.807) is 0 Å². The van der Waals surface area contributed by atoms with Crippen LogP contribution in [0.1, 0.15) is 0 Å². The molecule has 2 atom stereocenters. The molecule has 0 bridgehead atoms. The fourth-order valence-corrected chi connectivity index (χ4v) is 1.88. The van der Waals surface area contributed by atoms with E-state index in [9.17, 15) is 12.8 Å². The van der Waals surface area contributed by atoms with E-state index in [1.165, 1.54) is 0 Å². The summed E-state index contributed by atoms with van der Waals surface area (Å²) in [6.45, 7) is 0. The second-order valence-electron chi connectivity index (χ2n) is 2.76. The molecule has 6 heteroatoms. The maximum absolute atomic E-state index is 12.7. The molecule has 1 aliphatic rings. The van der Waals surface area contributed by atoms with E-state index in [4.69, 9.17) is 5.73 Å². The Kier molecular flexibility index (Phi) is 2.17. The van der Waals surface area contributed by atoms with Crippen molar-refractivity contribution in [2.45, 2.75) is 12.2 Å². The maximum Gasteiger partial charge on any atom is 0.211 e. The Hall–Kier alpha value is -0.200. The minimum absolute atomic E-state index is 0.0972. The van der Waals surface area contributed by atoms with E-state index in [0.29, 0.717) is 0 Å². The lowest BCUT2D eigenvalue weighted by atomic mass is 10.3. The number of alkyl halides is 1. The predicted molar refractivity (Wildman–Crippen MR) is 39.3 cm³/mol. The maximum atomic E-state index is 12.7. The van der Waals surface area contributed by atoms with Gasteiger partial charge in [0, 0.05) is 13.1 Å². The Morgan fingerprint density at radius 2 is 2.09 bits per heavy atom. The summed E-state index contributed by atoms with van der Waals surface area (Å²) >= 11 is 0. The Labute approximate surface area is 65.2 Å². The minimum atomic E-state index is -3.26. The van der Waals surface area contributed by atoms with E-state index in [0.717, 1.165) is 10.6 Å². The molecular formula is C5H11FN2O2S. The molecule has 11 heavy (non-hydrogen) atoms. The molecule has 66 valence electrons. The number of nitrogens with zero attached hydrogens (tertiary/aromatic N) is 1. The molecule has 4 nitrogen and oxygen atoms in total. The average Bonchev–Trinajstić information content (AvgIpc) is 2.11. The second kappa shape index (κ2) is 2.69. The van der Waals surface area contributed by atoms with Crippen LogP contribution in [0.5, 0.6) is 0 Å². The normalized spacial score (nSPS) is 34.5. The van der Waals surface area contributed by atoms with Crippen molar-refractivity contribution in [1.29, 1.82) is 0 Å². The van der Waals surface area contributed by atoms with E-state index in [2.05, 4.69) is 0 Å². The fraction of sp³-hybridized carbons (Fsp3) is 1.00. The summed E-state index contributed by atoms with van der Waals surface area (Å²) in [6.07, 6.45) is -0.165. The standard InChI is InChI=1S/C5H11FN2O2S/c1-11(9,10)8-2-4(6)5(7)3-8/h4-5H,2-3,7H2,1H3/t4-,5-/m0/s1. The third-order valence-corrected chi connectivity index (χ3v) is 2.96. The molecule has 0 spiro atoms. The summed E-state index contributed by atoms with van der Waals surface area (Å²) in [5.41, 5.74) is 5.28. The lowest BCUT2D eigenvalue weighted by Gasteiger charge is -2.10. The molecule has 1 rings (SSSR count). The topological polar surface area (TPSA) is 63.4 Å². The number of nitrogens with two attached hydrogens (primary N) is 1. The zero-order chi connectivity index (χ0) is 8.65. The molecule has 0 aromatic rings. The van der Waals surface area contributed by atoms with Gasteiger partial charge < -0.3 is 5.73 Å². The van der Waals surface area contributed by atoms with Gasteiger partial charge in [0.2, 0.25) is 10.0 Å². The number of sulfonamides is 1. The number of rotatable bonds is 1. The van der Waals surface area contributed by atoms with E-state index in [-0.39, 0.29) is 13.1 Å². The summed E-state index contributed by atoms with van der Waals surface area (Å²) in [5.74, 6) is 0. The zero-order valence-electron chi connectivity index (χ0n) is 6.20. The molecule has 0 radical (unpaired) electrons. The highest BCUT2D eigenvalue weighted by Crippen LogP contribution is 2.14. The summed E-state index contributed by atoms with van der Waals surface area (Å²) in [5, 5.41) is 0. The molecule has 2 N–H and O–H groups in total. The molecule has 0 unspecified atom stereocenters. The number of hydrogen-bond acceptors (Lipinski definition) is 3. The van der Waals surface area contributed by atoms with Crippen LogP contribution >= 0.6 is 0 Å². The van der Waals surface area contributed by atoms with Crippen LogP contribution in [0.3, 0.4) is 0 Å². The first-order valence-corrected chi connectivity index (χ1v) is 5.11. The Morgan fingerprint density at radius 3 is 2.27 bits per heavy atom. The van der Waals surface area contributed by atoms with Gasteiger partial charge in [0.05, 0.1) is 12.3 Å². The first kappa shape index (κ1) is 8.89. The lowest BCUT2D eigenvalue weighted by Crippen LogP contribution is -2.32. The van der Waals surface area contributed by atoms with Crippen molar-refractivity contribution in [1.82, 2.24) is 4.31 Å². The van der Waals surface area contributed by atoms with Crippen LogP contribution in [0.25, 0.3) is 0 Å². The minimum Gasteiger partial charge on any atom is -0.324 e. The number of halogens is 1. The summed E-state index contributed by atoms with van der Waals surface area (Å²) in [7, 11) is -3.26. The molecular weight excluding hydrogens is 171 g/mol. The largest absolute Gasteiger partial charge is 0.324 e. The molecule has 1 heterocycles. The van der Waals surface area contributed by atoms with Gasteiger partial charge in [-0.15, -0.1) is 0 Å². The quantitative estimate of drug-likeness (QED) is 0.561. The zero-order valence-corrected chi connectivity index (χ0v) is 7.01. The molecule has 1 fully saturated rings. The highest BCUT2D eigenvalue weighted by atomic mass is 32.2. The van der Waals surface area contributed by atoms with Gasteiger partial charge >= 0.3 is 0 Å². The molecule has 0 aromatic carbocycles. The fourth-order valence-electron chi connectivity index (χ4n) is 1.02. The van der Waals surface area contributed by atoms with Crippen molar-refractivity contribution in [2.24, 2.45) is 5.73 Å². The SMILES string of the molecule is CS(=O)(=O)N1C[C@H](N)[C@@H](F)C1. The van der Waals surface area contributed by atoms with Crippen LogP contribution in [0.15, 0.2) is 0 Å². The van der Waals surface area contributed by atoms with Crippen LogP contribution in [-0.2, 0) is 10.0 Å². The van der Waals surface area contributed by atoms with Gasteiger partial charge in [-0.1, -0.05) is 0 Å². The highest BCUT2D eigenvalue weighted by Gasteiger charge is 2.34. The van der Waals surface area contributed by atoms with Crippen molar-refractivity contribution >= 4 is 10.0 Å². The van der Waals surface area contributed by atoms with Gasteiger partial charge in [0.1, 0.15) is 6.17 Å². The molecule has 1 saturated heterocycles. The summed E-state index contributed by atoms with van der Waals surface area (Å²) < 4.78 is 35.4. The van der Waals surface area contributed by atoms with E-state index < -0.39 is 22.2 Å². The first-order chi connectivity index (χ1) is 4.91. The monoisotopic (exact) mass is 182 g/mol. The van der Waals surface area contributed by atoms with Crippen LogP contribution in [0.4, 0.5) is 4.39 Å². The summed E-state index contributed by atoms with van der Waals surface area (Å²) in [6, 6.07) is -0.662. The van der Waals surface area contributed by atoms with Gasteiger partial charge in [0.15, 0.2) is 0 Å². The molecule has 0 aromatic heterocycles. The lowest BCUT2D eigenvalue weighted by molar-refractivity contribution is 0.323. The van der Waals surface area contributed by atoms with Crippen molar-refractivity contribution < 1.29 is 12.8 Å². The molecule has 0 amide bonds. The third-order valence-electron chi connectivity index (χ3n) is 1.73. The van der Waals surface area contributed by atoms with Crippen LogP contribution in [0, 0.1) is 0 Å². The number of hydrogen-bond donors (Lipinski definition) is 1. The Morgan fingerprint density at radius 1 is 1.55 bits per heavy atom. The molecule has 0 saturated carbocycles. The van der Waals surface area contributed by atoms with E-state index in [1.807, 2.05) is 0 Å². The van der Waals surface area contributed by atoms with E-state index >= 15 is 0 Å². The van der Waals surface area contributed by atoms with Gasteiger partial charge in [-0.2, -0.15) is 4.31 Å². The van der Waals surface area contributed by atoms with Crippen LogP contribution < -0.4 is 5.73 Å². The predicted octanol–water partition coefficient (Wildman–Crippen LogP) is -1.07. The van der Waals surface area contributed by atoms with Gasteiger partial charge in [-0.25, -0.2) is 12.8 Å². The third kappa shape index (κ3) is 1.88. The smallest absolute Gasteiger partial charge is 0.211 e. The van der Waals surface area contributed by atoms with Crippen molar-refractivity contribution in [3.63, 3.8) is 0 Å². The van der Waals surface area contributed by atoms with Crippen molar-refractivity contribution in [3.05, 3.63) is 0 Å². The van der Waals surface area contributed by atoms with Gasteiger partial charge in [0.25, 0.3) is 0 Å². The molecule has 1 aliphatic heterocycles. The Bertz CT molecular complexity index is 231. The summed E-state index contributed by atoms with van der Waals surface area (Å²) in [4.78, 5) is 0. The van der Waals surface area contributed by atoms with Gasteiger partial charge in [-0.3, -0.25) is 0 Å². The Balaban J connectivity index is 2.69.